The lowest BCUT2D eigenvalue weighted by molar-refractivity contribution is 0.420. The zero-order valence-corrected chi connectivity index (χ0v) is 45.6. The first kappa shape index (κ1) is 67.5. The van der Waals surface area contributed by atoms with Crippen molar-refractivity contribution in [2.24, 2.45) is 15.0 Å². The summed E-state index contributed by atoms with van der Waals surface area (Å²) in [5, 5.41) is 11.3. The van der Waals surface area contributed by atoms with E-state index in [1.807, 2.05) is 125 Å². The van der Waals surface area contributed by atoms with Crippen LogP contribution >= 0.6 is 34.2 Å². The topological polar surface area (TPSA) is 276 Å². The van der Waals surface area contributed by atoms with Gasteiger partial charge in [-0.25, -0.2) is 39.3 Å². The molecule has 0 aliphatic carbocycles. The van der Waals surface area contributed by atoms with Crippen LogP contribution in [-0.2, 0) is 0 Å². The van der Waals surface area contributed by atoms with Gasteiger partial charge in [0, 0.05) is 135 Å². The van der Waals surface area contributed by atoms with Crippen LogP contribution in [0.1, 0.15) is 0 Å². The minimum absolute atomic E-state index is 0.778. The molecule has 0 spiro atoms. The highest BCUT2D eigenvalue weighted by molar-refractivity contribution is 7.07. The number of oxazole rings is 1. The first-order chi connectivity index (χ1) is 40.0. The van der Waals surface area contributed by atoms with Crippen LogP contribution < -0.4 is 0 Å². The number of nitrogens with one attached hydrogen (secondary N) is 2. The van der Waals surface area contributed by atoms with Crippen molar-refractivity contribution in [2.45, 2.75) is 0 Å². The van der Waals surface area contributed by atoms with E-state index in [2.05, 4.69) is 103 Å². The normalized spacial score (nSPS) is 9.20. The lowest BCUT2D eigenvalue weighted by atomic mass is 10.5. The Morgan fingerprint density at radius 3 is 1.20 bits per heavy atom. The molecule has 0 amide bonds. The van der Waals surface area contributed by atoms with E-state index in [4.69, 9.17) is 0 Å². The lowest BCUT2D eigenvalue weighted by Gasteiger charge is -1.70. The molecular formula is C56H60N18O3S3. The Bertz CT molecular complexity index is 2110. The Kier molecular flexibility index (Phi) is 54.4. The number of thiazole rings is 1. The highest BCUT2D eigenvalue weighted by Crippen LogP contribution is 1.91. The second kappa shape index (κ2) is 64.6. The molecule has 21 nitrogen and oxygen atoms in total. The van der Waals surface area contributed by atoms with Crippen molar-refractivity contribution in [3.63, 3.8) is 0 Å². The zero-order valence-electron chi connectivity index (χ0n) is 43.2. The first-order valence-electron chi connectivity index (χ1n) is 23.2. The van der Waals surface area contributed by atoms with Gasteiger partial charge in [-0.3, -0.25) is 34.9 Å². The predicted octanol–water partition coefficient (Wildman–Crippen LogP) is 12.4. The summed E-state index contributed by atoms with van der Waals surface area (Å²) in [7, 11) is 0. The van der Waals surface area contributed by atoms with E-state index >= 15 is 0 Å². The summed E-state index contributed by atoms with van der Waals surface area (Å²) in [6.07, 6.45) is 55.6. The van der Waals surface area contributed by atoms with Crippen molar-refractivity contribution in [3.8, 4) is 0 Å². The molecule has 15 rings (SSSR count). The van der Waals surface area contributed by atoms with Crippen molar-refractivity contribution < 1.29 is 13.4 Å². The summed E-state index contributed by atoms with van der Waals surface area (Å²) < 4.78 is 17.2. The maximum Gasteiger partial charge on any atom is 0.180 e. The number of aromatic nitrogens is 15. The standard InChI is InChI=1S/2C5H5N.3C4H4N2.2C4H5N.C4H4O.C4H4S.2C3H4N2.2C3H3NO.2C3H3NS/c2*1-2-4-6-5-3-1;1-2-6-4-3-5-1;2*1-2-5-4-6-3-1;4*1-2-4-5-3-1;3*1-2-5-3-4-1;1-2-4-5-3-1;1-2-5-3-4-1;1-2-4-5-3-1/h2*1-5H;3*1-4H;1-3H,4H2;1-5H;2*1-4H;1,3H,2H2;1-3H,(H,4,5);4*1-3H. The summed E-state index contributed by atoms with van der Waals surface area (Å²) >= 11 is 4.78. The fourth-order valence-corrected chi connectivity index (χ4v) is 4.73. The highest BCUT2D eigenvalue weighted by Gasteiger charge is 1.74. The lowest BCUT2D eigenvalue weighted by Crippen LogP contribution is -1.66. The second-order valence-corrected chi connectivity index (χ2v) is 14.7. The first-order valence-corrected chi connectivity index (χ1v) is 25.9. The van der Waals surface area contributed by atoms with E-state index in [-0.39, 0.29) is 0 Å². The number of allylic oxidation sites excluding steroid dienone is 1. The van der Waals surface area contributed by atoms with Crippen LogP contribution in [0, 0.1) is 0 Å². The molecule has 24 heteroatoms. The molecule has 15 heterocycles. The van der Waals surface area contributed by atoms with Crippen LogP contribution in [0.4, 0.5) is 0 Å². The number of imidazole rings is 1. The maximum atomic E-state index is 4.58. The quantitative estimate of drug-likeness (QED) is 0.143. The van der Waals surface area contributed by atoms with E-state index in [1.165, 1.54) is 43.1 Å². The van der Waals surface area contributed by atoms with Gasteiger partial charge >= 0.3 is 0 Å². The molecule has 0 bridgehead atoms. The van der Waals surface area contributed by atoms with Crippen LogP contribution in [0.15, 0.2) is 339 Å². The third kappa shape index (κ3) is 61.7. The monoisotopic (exact) mass is 1130 g/mol. The molecule has 0 aromatic carbocycles. The number of thiophene rings is 1. The van der Waals surface area contributed by atoms with Gasteiger partial charge in [-0.2, -0.15) is 11.3 Å². The third-order valence-electron chi connectivity index (χ3n) is 6.69. The molecule has 0 unspecified atom stereocenters. The summed E-state index contributed by atoms with van der Waals surface area (Å²) in [6, 6.07) is 30.2. The maximum absolute atomic E-state index is 4.58. The summed E-state index contributed by atoms with van der Waals surface area (Å²) in [6.45, 7) is 1.67. The number of aromatic amines is 2. The molecule has 2 aliphatic heterocycles. The predicted molar refractivity (Wildman–Crippen MR) is 319 cm³/mol. The van der Waals surface area contributed by atoms with Gasteiger partial charge in [0.25, 0.3) is 0 Å². The molecule has 0 fully saturated rings. The number of furan rings is 1. The summed E-state index contributed by atoms with van der Waals surface area (Å²) in [5.74, 6) is 0. The molecule has 0 radical (unpaired) electrons. The van der Waals surface area contributed by atoms with Gasteiger partial charge in [-0.15, -0.1) is 11.3 Å². The second-order valence-electron chi connectivity index (χ2n) is 12.5. The molecular weight excluding hydrogens is 1070 g/mol. The van der Waals surface area contributed by atoms with Gasteiger partial charge in [0.05, 0.1) is 49.8 Å². The Labute approximate surface area is 476 Å². The van der Waals surface area contributed by atoms with Crippen LogP contribution in [-0.4, -0.2) is 106 Å². The van der Waals surface area contributed by atoms with E-state index in [1.54, 1.807) is 196 Å². The van der Waals surface area contributed by atoms with Crippen molar-refractivity contribution in [1.29, 1.82) is 0 Å². The largest absolute Gasteiger partial charge is 0.473 e. The molecule has 0 saturated carbocycles. The molecule has 0 saturated heterocycles. The number of hydrogen-bond acceptors (Lipinski definition) is 22. The molecule has 13 aromatic rings. The van der Waals surface area contributed by atoms with Crippen molar-refractivity contribution in [2.75, 3.05) is 13.1 Å². The van der Waals surface area contributed by atoms with Crippen molar-refractivity contribution >= 4 is 53.0 Å². The van der Waals surface area contributed by atoms with E-state index < -0.39 is 0 Å². The Morgan fingerprint density at radius 2 is 1.04 bits per heavy atom. The van der Waals surface area contributed by atoms with Gasteiger partial charge < -0.3 is 23.3 Å². The van der Waals surface area contributed by atoms with Gasteiger partial charge in [-0.1, -0.05) is 35.5 Å². The van der Waals surface area contributed by atoms with Gasteiger partial charge in [0.1, 0.15) is 31.5 Å². The smallest absolute Gasteiger partial charge is 0.180 e. The molecule has 0 atom stereocenters. The zero-order chi connectivity index (χ0) is 56.6. The molecule has 80 heavy (non-hydrogen) atoms. The Hall–Kier alpha value is -10.6. The number of rotatable bonds is 0. The Balaban J connectivity index is 0.000000429. The highest BCUT2D eigenvalue weighted by atomic mass is 32.1. The van der Waals surface area contributed by atoms with E-state index in [0.29, 0.717) is 0 Å². The molecule has 2 aliphatic rings. The van der Waals surface area contributed by atoms with Crippen LogP contribution in [0.2, 0.25) is 0 Å². The molecule has 13 aromatic heterocycles. The molecule has 2 N–H and O–H groups in total. The minimum atomic E-state index is 0.778. The fraction of sp³-hybridized carbons (Fsp3) is 0.0357. The number of nitrogens with zero attached hydrogens (tertiary/aromatic N) is 16. The number of hydrogen-bond donors (Lipinski definition) is 2. The van der Waals surface area contributed by atoms with E-state index in [9.17, 15) is 0 Å². The van der Waals surface area contributed by atoms with Gasteiger partial charge in [-0.05, 0) is 101 Å². The number of pyridine rings is 2. The van der Waals surface area contributed by atoms with Crippen molar-refractivity contribution in [3.05, 3.63) is 311 Å². The Morgan fingerprint density at radius 1 is 0.388 bits per heavy atom. The summed E-state index contributed by atoms with van der Waals surface area (Å²) in [5.41, 5.74) is 1.79. The SMILES string of the molecule is C1=CCN=C1.C1=NC=NC1.c1c[nH]cn1.c1cc[nH]c1.c1ccncc1.c1ccncc1.c1ccoc1.c1ccsc1.c1cnccn1.c1cncnc1.c1cncnc1.c1cnoc1.c1cnsc1.c1cocn1.c1cscn1. The number of aliphatic imine (C=N–C) groups is 3. The summed E-state index contributed by atoms with van der Waals surface area (Å²) in [4.78, 5) is 57.5. The fourth-order valence-electron chi connectivity index (χ4n) is 3.57. The third-order valence-corrected chi connectivity index (χ3v) is 8.36. The van der Waals surface area contributed by atoms with Crippen LogP contribution in [0.5, 0.6) is 0 Å². The van der Waals surface area contributed by atoms with Gasteiger partial charge in [0.2, 0.25) is 0 Å². The van der Waals surface area contributed by atoms with Gasteiger partial charge in [0.15, 0.2) is 6.39 Å². The minimum Gasteiger partial charge on any atom is -0.473 e. The average molecular weight is 1130 g/mol. The van der Waals surface area contributed by atoms with Crippen molar-refractivity contribution in [1.82, 2.24) is 74.3 Å². The van der Waals surface area contributed by atoms with E-state index in [0.717, 1.165) is 13.1 Å². The number of H-pyrrole nitrogens is 2. The molecule has 410 valence electrons. The van der Waals surface area contributed by atoms with Crippen LogP contribution in [0.3, 0.4) is 0 Å². The van der Waals surface area contributed by atoms with Crippen LogP contribution in [0.25, 0.3) is 0 Å². The average Bonchev–Trinajstić information content (AvgIpc) is 4.41.